The molecule has 0 spiro atoms. The van der Waals surface area contributed by atoms with Crippen molar-refractivity contribution in [1.82, 2.24) is 4.90 Å². The van der Waals surface area contributed by atoms with Gasteiger partial charge in [-0.05, 0) is 30.8 Å². The van der Waals surface area contributed by atoms with E-state index in [-0.39, 0.29) is 17.9 Å². The Morgan fingerprint density at radius 3 is 2.53 bits per heavy atom. The molecule has 106 valence electrons. The van der Waals surface area contributed by atoms with E-state index in [1.54, 1.807) is 0 Å². The van der Waals surface area contributed by atoms with E-state index in [0.717, 1.165) is 17.0 Å². The maximum absolute atomic E-state index is 13.3. The second-order valence-electron chi connectivity index (χ2n) is 4.12. The highest BCUT2D eigenvalue weighted by Gasteiger charge is 2.29. The Balaban J connectivity index is 2.87. The Hall–Kier alpha value is -1.83. The van der Waals surface area contributed by atoms with E-state index in [4.69, 9.17) is 10.9 Å². The van der Waals surface area contributed by atoms with Gasteiger partial charge < -0.3 is 10.9 Å². The minimum atomic E-state index is -4.32. The van der Waals surface area contributed by atoms with Crippen molar-refractivity contribution >= 4 is 5.84 Å². The fraction of sp³-hybridized carbons (Fsp3) is 0.364. The van der Waals surface area contributed by atoms with Crippen molar-refractivity contribution in [3.05, 3.63) is 35.1 Å². The first-order valence-electron chi connectivity index (χ1n) is 5.24. The molecule has 19 heavy (non-hydrogen) atoms. The largest absolute Gasteiger partial charge is 0.409 e. The van der Waals surface area contributed by atoms with Crippen LogP contribution in [0.3, 0.4) is 0 Å². The van der Waals surface area contributed by atoms with E-state index in [2.05, 4.69) is 5.16 Å². The molecule has 0 aliphatic heterocycles. The van der Waals surface area contributed by atoms with Gasteiger partial charge in [0.2, 0.25) is 0 Å². The van der Waals surface area contributed by atoms with Gasteiger partial charge in [0.1, 0.15) is 5.82 Å². The highest BCUT2D eigenvalue weighted by molar-refractivity contribution is 5.97. The summed E-state index contributed by atoms with van der Waals surface area (Å²) < 4.78 is 49.8. The quantitative estimate of drug-likeness (QED) is 0.291. The standard InChI is InChI=1S/C11H13F4N3O/c1-18(6-11(13,14)15)5-7-2-8(10(16)17-19)4-9(12)3-7/h2-4,19H,5-6H2,1H3,(H2,16,17). The van der Waals surface area contributed by atoms with Crippen LogP contribution in [0.15, 0.2) is 23.4 Å². The van der Waals surface area contributed by atoms with E-state index < -0.39 is 18.5 Å². The fourth-order valence-corrected chi connectivity index (χ4v) is 1.62. The van der Waals surface area contributed by atoms with Crippen molar-refractivity contribution in [2.45, 2.75) is 12.7 Å². The first-order chi connectivity index (χ1) is 8.71. The predicted molar refractivity (Wildman–Crippen MR) is 61.3 cm³/mol. The molecule has 0 aliphatic rings. The predicted octanol–water partition coefficient (Wildman–Crippen LogP) is 1.91. The molecule has 0 aromatic heterocycles. The summed E-state index contributed by atoms with van der Waals surface area (Å²) in [6, 6.07) is 3.49. The van der Waals surface area contributed by atoms with Gasteiger partial charge in [0, 0.05) is 12.1 Å². The van der Waals surface area contributed by atoms with E-state index in [1.807, 2.05) is 0 Å². The number of rotatable bonds is 4. The molecule has 4 nitrogen and oxygen atoms in total. The van der Waals surface area contributed by atoms with Crippen molar-refractivity contribution in [2.75, 3.05) is 13.6 Å². The summed E-state index contributed by atoms with van der Waals surface area (Å²) >= 11 is 0. The average Bonchev–Trinajstić information content (AvgIpc) is 2.24. The van der Waals surface area contributed by atoms with Crippen LogP contribution in [0.1, 0.15) is 11.1 Å². The molecule has 1 rings (SSSR count). The van der Waals surface area contributed by atoms with E-state index >= 15 is 0 Å². The molecule has 0 aliphatic carbocycles. The normalized spacial score (nSPS) is 13.1. The summed E-state index contributed by atoms with van der Waals surface area (Å²) in [5.74, 6) is -0.973. The van der Waals surface area contributed by atoms with Gasteiger partial charge in [0.05, 0.1) is 6.54 Å². The van der Waals surface area contributed by atoms with Crippen LogP contribution in [0.2, 0.25) is 0 Å². The SMILES string of the molecule is CN(Cc1cc(F)cc(/C(N)=N/O)c1)CC(F)(F)F. The summed E-state index contributed by atoms with van der Waals surface area (Å²) in [5, 5.41) is 11.2. The first-order valence-corrected chi connectivity index (χ1v) is 5.24. The molecule has 0 amide bonds. The monoisotopic (exact) mass is 279 g/mol. The molecule has 1 aromatic rings. The van der Waals surface area contributed by atoms with Crippen molar-refractivity contribution in [3.8, 4) is 0 Å². The van der Waals surface area contributed by atoms with Gasteiger partial charge in [-0.3, -0.25) is 4.90 Å². The van der Waals surface area contributed by atoms with Gasteiger partial charge in [-0.2, -0.15) is 13.2 Å². The zero-order chi connectivity index (χ0) is 14.6. The topological polar surface area (TPSA) is 61.8 Å². The summed E-state index contributed by atoms with van der Waals surface area (Å²) in [6.07, 6.45) is -4.32. The van der Waals surface area contributed by atoms with Gasteiger partial charge in [-0.25, -0.2) is 4.39 Å². The molecule has 3 N–H and O–H groups in total. The van der Waals surface area contributed by atoms with Crippen molar-refractivity contribution in [1.29, 1.82) is 0 Å². The van der Waals surface area contributed by atoms with Gasteiger partial charge in [0.25, 0.3) is 0 Å². The van der Waals surface area contributed by atoms with Crippen LogP contribution in [0, 0.1) is 5.82 Å². The lowest BCUT2D eigenvalue weighted by atomic mass is 10.1. The van der Waals surface area contributed by atoms with Crippen LogP contribution >= 0.6 is 0 Å². The number of benzene rings is 1. The molecule has 0 bridgehead atoms. The number of oxime groups is 1. The van der Waals surface area contributed by atoms with Crippen LogP contribution in [0.4, 0.5) is 17.6 Å². The molecular weight excluding hydrogens is 266 g/mol. The number of alkyl halides is 3. The molecule has 0 unspecified atom stereocenters. The van der Waals surface area contributed by atoms with Crippen LogP contribution < -0.4 is 5.73 Å². The molecule has 0 heterocycles. The van der Waals surface area contributed by atoms with Crippen molar-refractivity contribution < 1.29 is 22.8 Å². The van der Waals surface area contributed by atoms with Crippen LogP contribution in [0.5, 0.6) is 0 Å². The molecular formula is C11H13F4N3O. The molecule has 0 saturated carbocycles. The van der Waals surface area contributed by atoms with Gasteiger partial charge in [0.15, 0.2) is 5.84 Å². The minimum Gasteiger partial charge on any atom is -0.409 e. The Labute approximate surface area is 107 Å². The number of hydrogen-bond donors (Lipinski definition) is 2. The number of halogens is 4. The smallest absolute Gasteiger partial charge is 0.401 e. The Morgan fingerprint density at radius 1 is 1.37 bits per heavy atom. The lowest BCUT2D eigenvalue weighted by Gasteiger charge is -2.18. The van der Waals surface area contributed by atoms with Crippen LogP contribution in [-0.4, -0.2) is 35.7 Å². The Morgan fingerprint density at radius 2 is 2.00 bits per heavy atom. The lowest BCUT2D eigenvalue weighted by molar-refractivity contribution is -0.144. The number of nitrogens with two attached hydrogens (primary N) is 1. The van der Waals surface area contributed by atoms with E-state index in [1.165, 1.54) is 13.1 Å². The third-order valence-corrected chi connectivity index (χ3v) is 2.26. The molecule has 0 fully saturated rings. The summed E-state index contributed by atoms with van der Waals surface area (Å²) in [6.45, 7) is -1.22. The third kappa shape index (κ3) is 5.12. The lowest BCUT2D eigenvalue weighted by Crippen LogP contribution is -2.30. The highest BCUT2D eigenvalue weighted by Crippen LogP contribution is 2.18. The zero-order valence-electron chi connectivity index (χ0n) is 10.1. The van der Waals surface area contributed by atoms with Gasteiger partial charge >= 0.3 is 6.18 Å². The Kier molecular flexibility index (Phi) is 4.71. The van der Waals surface area contributed by atoms with Crippen molar-refractivity contribution in [3.63, 3.8) is 0 Å². The van der Waals surface area contributed by atoms with E-state index in [9.17, 15) is 17.6 Å². The molecule has 0 radical (unpaired) electrons. The van der Waals surface area contributed by atoms with Gasteiger partial charge in [-0.15, -0.1) is 0 Å². The number of hydrogen-bond acceptors (Lipinski definition) is 3. The summed E-state index contributed by atoms with van der Waals surface area (Å²) in [7, 11) is 1.27. The zero-order valence-corrected chi connectivity index (χ0v) is 10.1. The molecule has 0 saturated heterocycles. The second kappa shape index (κ2) is 5.87. The third-order valence-electron chi connectivity index (χ3n) is 2.26. The number of amidine groups is 1. The van der Waals surface area contributed by atoms with E-state index in [0.29, 0.717) is 5.56 Å². The van der Waals surface area contributed by atoms with Gasteiger partial charge in [-0.1, -0.05) is 5.16 Å². The summed E-state index contributed by atoms with van der Waals surface area (Å²) in [4.78, 5) is 0.991. The maximum Gasteiger partial charge on any atom is 0.401 e. The summed E-state index contributed by atoms with van der Waals surface area (Å²) in [5.41, 5.74) is 5.71. The first kappa shape index (κ1) is 15.2. The van der Waals surface area contributed by atoms with Crippen molar-refractivity contribution in [2.24, 2.45) is 10.9 Å². The second-order valence-corrected chi connectivity index (χ2v) is 4.12. The average molecular weight is 279 g/mol. The van der Waals surface area contributed by atoms with Crippen LogP contribution in [-0.2, 0) is 6.54 Å². The molecule has 0 atom stereocenters. The maximum atomic E-state index is 13.3. The Bertz CT molecular complexity index is 473. The molecule has 1 aromatic carbocycles. The van der Waals surface area contributed by atoms with Crippen LogP contribution in [0.25, 0.3) is 0 Å². The highest BCUT2D eigenvalue weighted by atomic mass is 19.4. The fourth-order valence-electron chi connectivity index (χ4n) is 1.62. The minimum absolute atomic E-state index is 0.108. The number of nitrogens with zero attached hydrogens (tertiary/aromatic N) is 2. The molecule has 8 heteroatoms.